The molecule has 0 amide bonds. The summed E-state index contributed by atoms with van der Waals surface area (Å²) in [4.78, 5) is 34.2. The largest absolute Gasteiger partial charge is 0.466 e. The fraction of sp³-hybridized carbons (Fsp3) is 0.800. The Kier molecular flexibility index (Phi) is 4.45. The summed E-state index contributed by atoms with van der Waals surface area (Å²) in [6.07, 6.45) is 2.17. The molecule has 1 aliphatic heterocycles. The van der Waals surface area contributed by atoms with Crippen molar-refractivity contribution in [2.45, 2.75) is 39.7 Å². The third kappa shape index (κ3) is 2.72. The number of esters is 2. The van der Waals surface area contributed by atoms with Crippen molar-refractivity contribution in [3.05, 3.63) is 0 Å². The second-order valence-electron chi connectivity index (χ2n) is 6.04. The van der Waals surface area contributed by atoms with E-state index in [1.54, 1.807) is 0 Å². The monoisotopic (exact) mass is 282 g/mol. The normalized spacial score (nSPS) is 39.9. The first-order valence-electron chi connectivity index (χ1n) is 7.24. The minimum absolute atomic E-state index is 0.0291. The average molecular weight is 282 g/mol. The number of fused-ring (bicyclic) bond motifs is 1. The first-order valence-corrected chi connectivity index (χ1v) is 7.24. The van der Waals surface area contributed by atoms with Gasteiger partial charge in [-0.15, -0.1) is 0 Å². The lowest BCUT2D eigenvalue weighted by molar-refractivity contribution is -0.144. The van der Waals surface area contributed by atoms with E-state index < -0.39 is 0 Å². The molecule has 1 saturated heterocycles. The van der Waals surface area contributed by atoms with Crippen LogP contribution in [0.2, 0.25) is 0 Å². The van der Waals surface area contributed by atoms with Crippen LogP contribution < -0.4 is 0 Å². The molecule has 0 radical (unpaired) electrons. The van der Waals surface area contributed by atoms with Crippen molar-refractivity contribution in [2.75, 3.05) is 6.61 Å². The lowest BCUT2D eigenvalue weighted by atomic mass is 9.61. The van der Waals surface area contributed by atoms with Gasteiger partial charge in [-0.05, 0) is 31.6 Å². The van der Waals surface area contributed by atoms with Crippen LogP contribution in [-0.4, -0.2) is 30.9 Å². The molecular weight excluding hydrogens is 260 g/mol. The highest BCUT2D eigenvalue weighted by Gasteiger charge is 2.53. The van der Waals surface area contributed by atoms with Crippen LogP contribution in [0.4, 0.5) is 0 Å². The number of carbonyl (C=O) groups excluding carboxylic acids is 3. The highest BCUT2D eigenvalue weighted by atomic mass is 16.6. The minimum atomic E-state index is -0.304. The maximum Gasteiger partial charge on any atom is 0.309 e. The fourth-order valence-corrected chi connectivity index (χ4v) is 3.92. The summed E-state index contributed by atoms with van der Waals surface area (Å²) in [5.41, 5.74) is 0. The Bertz CT molecular complexity index is 405. The van der Waals surface area contributed by atoms with Gasteiger partial charge >= 0.3 is 11.9 Å². The Labute approximate surface area is 119 Å². The van der Waals surface area contributed by atoms with Gasteiger partial charge in [-0.3, -0.25) is 9.59 Å². The Balaban J connectivity index is 2.10. The van der Waals surface area contributed by atoms with Crippen LogP contribution in [0.15, 0.2) is 0 Å². The van der Waals surface area contributed by atoms with Crippen molar-refractivity contribution in [2.24, 2.45) is 29.6 Å². The summed E-state index contributed by atoms with van der Waals surface area (Å²) in [6, 6.07) is 0. The first kappa shape index (κ1) is 15.0. The van der Waals surface area contributed by atoms with Gasteiger partial charge in [0.05, 0.1) is 12.5 Å². The fourth-order valence-electron chi connectivity index (χ4n) is 3.92. The molecule has 0 bridgehead atoms. The molecule has 5 nitrogen and oxygen atoms in total. The van der Waals surface area contributed by atoms with Gasteiger partial charge < -0.3 is 14.3 Å². The minimum Gasteiger partial charge on any atom is -0.466 e. The van der Waals surface area contributed by atoms with Crippen LogP contribution in [0.5, 0.6) is 0 Å². The lowest BCUT2D eigenvalue weighted by Gasteiger charge is -2.40. The summed E-state index contributed by atoms with van der Waals surface area (Å²) in [6.45, 7) is 5.62. The smallest absolute Gasteiger partial charge is 0.309 e. The molecule has 0 aromatic rings. The van der Waals surface area contributed by atoms with Crippen LogP contribution in [0.25, 0.3) is 0 Å². The summed E-state index contributed by atoms with van der Waals surface area (Å²) in [5.74, 6) is -0.453. The Morgan fingerprint density at radius 1 is 1.45 bits per heavy atom. The molecule has 20 heavy (non-hydrogen) atoms. The predicted molar refractivity (Wildman–Crippen MR) is 70.6 cm³/mol. The molecule has 2 fully saturated rings. The van der Waals surface area contributed by atoms with Gasteiger partial charge in [0.25, 0.3) is 0 Å². The molecule has 5 heteroatoms. The predicted octanol–water partition coefficient (Wildman–Crippen LogP) is 1.59. The van der Waals surface area contributed by atoms with Crippen molar-refractivity contribution in [3.63, 3.8) is 0 Å². The summed E-state index contributed by atoms with van der Waals surface area (Å²) >= 11 is 0. The number of ether oxygens (including phenoxy) is 2. The van der Waals surface area contributed by atoms with Crippen molar-refractivity contribution in [1.82, 2.24) is 0 Å². The summed E-state index contributed by atoms with van der Waals surface area (Å²) in [7, 11) is 0. The zero-order valence-electron chi connectivity index (χ0n) is 12.2. The van der Waals surface area contributed by atoms with Crippen LogP contribution in [-0.2, 0) is 23.9 Å². The molecule has 0 spiro atoms. The molecule has 1 aliphatic carbocycles. The molecule has 2 rings (SSSR count). The maximum atomic E-state index is 11.8. The standard InChI is InChI=1S/C15H22O5/c1-8-6-12-14(9(2)20-15(12)18)13(7-16)11(8)4-5-19-10(3)17/h7-9,11-14H,4-6H2,1-3H3/t8-,9+,11?,12+,13-,14+/m0/s1. The molecule has 1 unspecified atom stereocenters. The van der Waals surface area contributed by atoms with Crippen molar-refractivity contribution in [3.8, 4) is 0 Å². The van der Waals surface area contributed by atoms with E-state index in [9.17, 15) is 14.4 Å². The van der Waals surface area contributed by atoms with Gasteiger partial charge in [0.15, 0.2) is 0 Å². The Morgan fingerprint density at radius 3 is 2.75 bits per heavy atom. The van der Waals surface area contributed by atoms with Crippen molar-refractivity contribution < 1.29 is 23.9 Å². The van der Waals surface area contributed by atoms with E-state index in [0.29, 0.717) is 13.0 Å². The van der Waals surface area contributed by atoms with Crippen LogP contribution in [0, 0.1) is 29.6 Å². The van der Waals surface area contributed by atoms with E-state index >= 15 is 0 Å². The maximum absolute atomic E-state index is 11.8. The third-order valence-corrected chi connectivity index (χ3v) is 4.82. The van der Waals surface area contributed by atoms with Gasteiger partial charge in [0.2, 0.25) is 0 Å². The van der Waals surface area contributed by atoms with Gasteiger partial charge in [-0.25, -0.2) is 0 Å². The van der Waals surface area contributed by atoms with E-state index in [2.05, 4.69) is 6.92 Å². The SMILES string of the molecule is CC(=O)OCCC1[C@@H](C)C[C@H]2C(=O)O[C@H](C)[C@H]2[C@H]1C=O. The molecule has 0 aromatic carbocycles. The van der Waals surface area contributed by atoms with Crippen molar-refractivity contribution >= 4 is 18.2 Å². The summed E-state index contributed by atoms with van der Waals surface area (Å²) in [5, 5.41) is 0. The number of carbonyl (C=O) groups is 3. The number of hydrogen-bond acceptors (Lipinski definition) is 5. The number of hydrogen-bond donors (Lipinski definition) is 0. The van der Waals surface area contributed by atoms with E-state index in [0.717, 1.165) is 12.7 Å². The second-order valence-corrected chi connectivity index (χ2v) is 6.04. The molecule has 1 heterocycles. The second kappa shape index (κ2) is 5.94. The molecule has 2 aliphatic rings. The van der Waals surface area contributed by atoms with Crippen LogP contribution in [0.1, 0.15) is 33.6 Å². The molecule has 0 N–H and O–H groups in total. The quantitative estimate of drug-likeness (QED) is 0.578. The number of aldehydes is 1. The molecule has 112 valence electrons. The van der Waals surface area contributed by atoms with Crippen molar-refractivity contribution in [1.29, 1.82) is 0 Å². The molecule has 0 aromatic heterocycles. The summed E-state index contributed by atoms with van der Waals surface area (Å²) < 4.78 is 10.3. The van der Waals surface area contributed by atoms with Crippen LogP contribution >= 0.6 is 0 Å². The Hall–Kier alpha value is -1.39. The third-order valence-electron chi connectivity index (χ3n) is 4.82. The zero-order chi connectivity index (χ0) is 14.9. The van der Waals surface area contributed by atoms with E-state index in [1.807, 2.05) is 6.92 Å². The van der Waals surface area contributed by atoms with Gasteiger partial charge in [-0.1, -0.05) is 6.92 Å². The van der Waals surface area contributed by atoms with Gasteiger partial charge in [0, 0.05) is 18.8 Å². The van der Waals surface area contributed by atoms with Gasteiger partial charge in [-0.2, -0.15) is 0 Å². The number of rotatable bonds is 4. The van der Waals surface area contributed by atoms with E-state index in [4.69, 9.17) is 9.47 Å². The topological polar surface area (TPSA) is 69.7 Å². The highest BCUT2D eigenvalue weighted by Crippen LogP contribution is 2.48. The average Bonchev–Trinajstić information content (AvgIpc) is 2.65. The zero-order valence-corrected chi connectivity index (χ0v) is 12.2. The van der Waals surface area contributed by atoms with Gasteiger partial charge in [0.1, 0.15) is 12.4 Å². The molecular formula is C15H22O5. The first-order chi connectivity index (χ1) is 9.45. The van der Waals surface area contributed by atoms with E-state index in [1.165, 1.54) is 6.92 Å². The Morgan fingerprint density at radius 2 is 2.15 bits per heavy atom. The highest BCUT2D eigenvalue weighted by molar-refractivity contribution is 5.76. The number of cyclic esters (lactones) is 1. The van der Waals surface area contributed by atoms with Crippen LogP contribution in [0.3, 0.4) is 0 Å². The molecule has 6 atom stereocenters. The lowest BCUT2D eigenvalue weighted by Crippen LogP contribution is -2.42. The molecule has 1 saturated carbocycles. The van der Waals surface area contributed by atoms with E-state index in [-0.39, 0.29) is 47.6 Å².